The van der Waals surface area contributed by atoms with Gasteiger partial charge in [0.05, 0.1) is 0 Å². The molecule has 1 aliphatic rings. The van der Waals surface area contributed by atoms with Gasteiger partial charge in [-0.05, 0) is 51.2 Å². The van der Waals surface area contributed by atoms with E-state index in [0.717, 1.165) is 11.8 Å². The highest BCUT2D eigenvalue weighted by molar-refractivity contribution is 4.77. The summed E-state index contributed by atoms with van der Waals surface area (Å²) in [4.78, 5) is 2.63. The van der Waals surface area contributed by atoms with Crippen molar-refractivity contribution in [3.63, 3.8) is 0 Å². The molecule has 15 heavy (non-hydrogen) atoms. The van der Waals surface area contributed by atoms with Gasteiger partial charge >= 0.3 is 0 Å². The summed E-state index contributed by atoms with van der Waals surface area (Å²) < 4.78 is 0. The number of rotatable bonds is 5. The number of hydrogen-bond acceptors (Lipinski definition) is 2. The van der Waals surface area contributed by atoms with Gasteiger partial charge in [0.15, 0.2) is 0 Å². The molecule has 1 heterocycles. The van der Waals surface area contributed by atoms with Crippen LogP contribution in [0.1, 0.15) is 40.0 Å². The fourth-order valence-corrected chi connectivity index (χ4v) is 2.54. The van der Waals surface area contributed by atoms with Crippen LogP contribution in [0.4, 0.5) is 0 Å². The summed E-state index contributed by atoms with van der Waals surface area (Å²) in [7, 11) is 2.08. The van der Waals surface area contributed by atoms with E-state index < -0.39 is 0 Å². The predicted molar refractivity (Wildman–Crippen MR) is 67.1 cm³/mol. The van der Waals surface area contributed by atoms with E-state index in [4.69, 9.17) is 0 Å². The topological polar surface area (TPSA) is 15.3 Å². The molecule has 1 unspecified atom stereocenters. The Hall–Kier alpha value is -0.0800. The summed E-state index contributed by atoms with van der Waals surface area (Å²) in [5, 5.41) is 3.39. The molecule has 0 aromatic rings. The number of hydrogen-bond donors (Lipinski definition) is 1. The second-order valence-corrected chi connectivity index (χ2v) is 5.28. The molecule has 1 saturated heterocycles. The van der Waals surface area contributed by atoms with Crippen LogP contribution in [-0.4, -0.2) is 37.6 Å². The number of likely N-dealkylation sites (tertiary alicyclic amines) is 1. The maximum Gasteiger partial charge on any atom is 0.0189 e. The maximum absolute atomic E-state index is 3.39. The van der Waals surface area contributed by atoms with Crippen molar-refractivity contribution in [1.82, 2.24) is 10.2 Å². The molecular weight excluding hydrogens is 184 g/mol. The summed E-state index contributed by atoms with van der Waals surface area (Å²) in [5.41, 5.74) is 0. The van der Waals surface area contributed by atoms with Crippen molar-refractivity contribution in [2.24, 2.45) is 11.8 Å². The van der Waals surface area contributed by atoms with E-state index in [2.05, 4.69) is 38.0 Å². The van der Waals surface area contributed by atoms with Gasteiger partial charge < -0.3 is 10.2 Å². The Morgan fingerprint density at radius 3 is 2.27 bits per heavy atom. The summed E-state index contributed by atoms with van der Waals surface area (Å²) in [6.45, 7) is 10.8. The van der Waals surface area contributed by atoms with E-state index in [1.165, 1.54) is 38.9 Å². The van der Waals surface area contributed by atoms with Gasteiger partial charge in [0, 0.05) is 12.6 Å². The lowest BCUT2D eigenvalue weighted by Gasteiger charge is -2.35. The van der Waals surface area contributed by atoms with Gasteiger partial charge in [-0.25, -0.2) is 0 Å². The first kappa shape index (κ1) is 13.0. The Morgan fingerprint density at radius 1 is 1.27 bits per heavy atom. The molecule has 2 nitrogen and oxygen atoms in total. The second kappa shape index (κ2) is 6.49. The summed E-state index contributed by atoms with van der Waals surface area (Å²) in [6, 6.07) is 0.681. The third kappa shape index (κ3) is 4.12. The maximum atomic E-state index is 3.39. The minimum absolute atomic E-state index is 0.681. The van der Waals surface area contributed by atoms with Gasteiger partial charge in [-0.2, -0.15) is 0 Å². The first-order chi connectivity index (χ1) is 7.17. The van der Waals surface area contributed by atoms with Crippen molar-refractivity contribution in [2.75, 3.05) is 26.7 Å². The Morgan fingerprint density at radius 2 is 1.87 bits per heavy atom. The number of piperidine rings is 1. The van der Waals surface area contributed by atoms with E-state index in [1.54, 1.807) is 0 Å². The SMILES string of the molecule is CCC(CN1CCC(C(C)C)CC1)NC. The van der Waals surface area contributed by atoms with E-state index >= 15 is 0 Å². The lowest BCUT2D eigenvalue weighted by atomic mass is 9.86. The average molecular weight is 212 g/mol. The van der Waals surface area contributed by atoms with Crippen LogP contribution in [0.15, 0.2) is 0 Å². The molecule has 0 saturated carbocycles. The van der Waals surface area contributed by atoms with Crippen LogP contribution in [0.5, 0.6) is 0 Å². The Kier molecular flexibility index (Phi) is 5.62. The van der Waals surface area contributed by atoms with Crippen molar-refractivity contribution < 1.29 is 0 Å². The van der Waals surface area contributed by atoms with Crippen LogP contribution in [0, 0.1) is 11.8 Å². The average Bonchev–Trinajstić information content (AvgIpc) is 2.26. The number of nitrogens with zero attached hydrogens (tertiary/aromatic N) is 1. The monoisotopic (exact) mass is 212 g/mol. The molecule has 0 radical (unpaired) electrons. The molecule has 0 aromatic heterocycles. The highest BCUT2D eigenvalue weighted by Gasteiger charge is 2.22. The van der Waals surface area contributed by atoms with Gasteiger partial charge in [0.25, 0.3) is 0 Å². The minimum Gasteiger partial charge on any atom is -0.316 e. The smallest absolute Gasteiger partial charge is 0.0189 e. The molecular formula is C13H28N2. The zero-order valence-electron chi connectivity index (χ0n) is 10.9. The molecule has 0 aromatic carbocycles. The minimum atomic E-state index is 0.681. The Balaban J connectivity index is 2.25. The normalized spacial score (nSPS) is 22.2. The van der Waals surface area contributed by atoms with Gasteiger partial charge in [-0.15, -0.1) is 0 Å². The molecule has 0 amide bonds. The lowest BCUT2D eigenvalue weighted by molar-refractivity contribution is 0.146. The summed E-state index contributed by atoms with van der Waals surface area (Å²) in [5.74, 6) is 1.84. The second-order valence-electron chi connectivity index (χ2n) is 5.28. The van der Waals surface area contributed by atoms with Crippen molar-refractivity contribution >= 4 is 0 Å². The zero-order valence-corrected chi connectivity index (χ0v) is 10.9. The summed E-state index contributed by atoms with van der Waals surface area (Å²) in [6.07, 6.45) is 4.04. The molecule has 1 aliphatic heterocycles. The molecule has 1 fully saturated rings. The van der Waals surface area contributed by atoms with E-state index in [9.17, 15) is 0 Å². The fraction of sp³-hybridized carbons (Fsp3) is 1.00. The van der Waals surface area contributed by atoms with Crippen LogP contribution in [0.3, 0.4) is 0 Å². The third-order valence-electron chi connectivity index (χ3n) is 3.95. The predicted octanol–water partition coefficient (Wildman–Crippen LogP) is 2.35. The largest absolute Gasteiger partial charge is 0.316 e. The Labute approximate surface area is 95.4 Å². The van der Waals surface area contributed by atoms with E-state index in [0.29, 0.717) is 6.04 Å². The third-order valence-corrected chi connectivity index (χ3v) is 3.95. The molecule has 1 atom stereocenters. The van der Waals surface area contributed by atoms with Gasteiger partial charge in [-0.3, -0.25) is 0 Å². The summed E-state index contributed by atoms with van der Waals surface area (Å²) >= 11 is 0. The molecule has 0 bridgehead atoms. The molecule has 1 N–H and O–H groups in total. The van der Waals surface area contributed by atoms with Crippen LogP contribution in [0.25, 0.3) is 0 Å². The molecule has 90 valence electrons. The van der Waals surface area contributed by atoms with Gasteiger partial charge in [-0.1, -0.05) is 20.8 Å². The standard InChI is InChI=1S/C13H28N2/c1-5-13(14-4)10-15-8-6-12(7-9-15)11(2)3/h11-14H,5-10H2,1-4H3. The van der Waals surface area contributed by atoms with Crippen LogP contribution in [0.2, 0.25) is 0 Å². The number of nitrogens with one attached hydrogen (secondary N) is 1. The van der Waals surface area contributed by atoms with E-state index in [1.807, 2.05) is 0 Å². The lowest BCUT2D eigenvalue weighted by Crippen LogP contribution is -2.43. The van der Waals surface area contributed by atoms with Crippen molar-refractivity contribution in [2.45, 2.75) is 46.1 Å². The van der Waals surface area contributed by atoms with Crippen molar-refractivity contribution in [3.05, 3.63) is 0 Å². The number of likely N-dealkylation sites (N-methyl/N-ethyl adjacent to an activating group) is 1. The molecule has 0 aliphatic carbocycles. The molecule has 2 heteroatoms. The Bertz CT molecular complexity index is 156. The van der Waals surface area contributed by atoms with Crippen LogP contribution >= 0.6 is 0 Å². The first-order valence-corrected chi connectivity index (χ1v) is 6.57. The zero-order chi connectivity index (χ0) is 11.3. The quantitative estimate of drug-likeness (QED) is 0.752. The highest BCUT2D eigenvalue weighted by Crippen LogP contribution is 2.24. The highest BCUT2D eigenvalue weighted by atomic mass is 15.1. The first-order valence-electron chi connectivity index (χ1n) is 6.57. The van der Waals surface area contributed by atoms with Gasteiger partial charge in [0.1, 0.15) is 0 Å². The van der Waals surface area contributed by atoms with Crippen molar-refractivity contribution in [3.8, 4) is 0 Å². The fourth-order valence-electron chi connectivity index (χ4n) is 2.54. The van der Waals surface area contributed by atoms with E-state index in [-0.39, 0.29) is 0 Å². The molecule has 0 spiro atoms. The van der Waals surface area contributed by atoms with Crippen molar-refractivity contribution in [1.29, 1.82) is 0 Å². The van der Waals surface area contributed by atoms with Gasteiger partial charge in [0.2, 0.25) is 0 Å². The van der Waals surface area contributed by atoms with Crippen LogP contribution < -0.4 is 5.32 Å². The molecule has 1 rings (SSSR count). The van der Waals surface area contributed by atoms with Crippen LogP contribution in [-0.2, 0) is 0 Å².